The summed E-state index contributed by atoms with van der Waals surface area (Å²) in [5, 5.41) is 0. The molecule has 1 unspecified atom stereocenters. The molecule has 0 spiro atoms. The Hall–Kier alpha value is -0.970. The normalized spacial score (nSPS) is 19.2. The van der Waals surface area contributed by atoms with Crippen LogP contribution in [0.5, 0.6) is 0 Å². The maximum Gasteiger partial charge on any atom is 0.237 e. The number of amides is 1. The monoisotopic (exact) mass is 178 g/mol. The number of carbonyl (C=O) groups is 1. The molecular formula is C11H16NO. The van der Waals surface area contributed by atoms with E-state index in [2.05, 4.69) is 5.92 Å². The molecule has 0 aromatic heterocycles. The predicted octanol–water partition coefficient (Wildman–Crippen LogP) is 1.61. The molecule has 2 nitrogen and oxygen atoms in total. The summed E-state index contributed by atoms with van der Waals surface area (Å²) in [5.74, 6) is 2.09. The fraction of sp³-hybridized carbons (Fsp3) is 0.727. The van der Waals surface area contributed by atoms with Crippen molar-refractivity contribution in [2.45, 2.75) is 32.6 Å². The van der Waals surface area contributed by atoms with Crippen molar-refractivity contribution in [3.05, 3.63) is 6.42 Å². The molecule has 1 atom stereocenters. The van der Waals surface area contributed by atoms with Crippen LogP contribution in [0.25, 0.3) is 0 Å². The van der Waals surface area contributed by atoms with E-state index in [1.54, 1.807) is 0 Å². The van der Waals surface area contributed by atoms with Crippen LogP contribution in [-0.2, 0) is 4.79 Å². The van der Waals surface area contributed by atoms with Gasteiger partial charge in [0.05, 0.1) is 5.92 Å². The summed E-state index contributed by atoms with van der Waals surface area (Å²) in [6.45, 7) is 3.67. The number of piperidine rings is 1. The van der Waals surface area contributed by atoms with E-state index in [1.165, 1.54) is 6.42 Å². The molecule has 1 aliphatic heterocycles. The number of hydrogen-bond acceptors (Lipinski definition) is 1. The highest BCUT2D eigenvalue weighted by Crippen LogP contribution is 2.13. The number of rotatable bonds is 2. The summed E-state index contributed by atoms with van der Waals surface area (Å²) in [6, 6.07) is 0. The number of nitrogens with zero attached hydrogens (tertiary/aromatic N) is 1. The van der Waals surface area contributed by atoms with Crippen LogP contribution in [0.15, 0.2) is 0 Å². The largest absolute Gasteiger partial charge is 0.342 e. The molecule has 0 saturated carbocycles. The SMILES string of the molecule is [C]#CC(CC)C(=O)N1CCCCC1. The van der Waals surface area contributed by atoms with Gasteiger partial charge in [-0.2, -0.15) is 0 Å². The fourth-order valence-corrected chi connectivity index (χ4v) is 1.67. The summed E-state index contributed by atoms with van der Waals surface area (Å²) >= 11 is 0. The van der Waals surface area contributed by atoms with Gasteiger partial charge in [0.25, 0.3) is 0 Å². The van der Waals surface area contributed by atoms with Crippen LogP contribution < -0.4 is 0 Å². The van der Waals surface area contributed by atoms with Crippen molar-refractivity contribution in [1.29, 1.82) is 0 Å². The number of likely N-dealkylation sites (tertiary alicyclic amines) is 1. The molecule has 1 radical (unpaired) electrons. The number of hydrogen-bond donors (Lipinski definition) is 0. The van der Waals surface area contributed by atoms with Gasteiger partial charge in [-0.05, 0) is 32.1 Å². The molecule has 71 valence electrons. The summed E-state index contributed by atoms with van der Waals surface area (Å²) in [6.07, 6.45) is 11.2. The third-order valence-electron chi connectivity index (χ3n) is 2.55. The molecule has 2 heteroatoms. The van der Waals surface area contributed by atoms with Gasteiger partial charge in [0.1, 0.15) is 0 Å². The highest BCUT2D eigenvalue weighted by atomic mass is 16.2. The maximum atomic E-state index is 11.7. The maximum absolute atomic E-state index is 11.7. The molecule has 0 aliphatic carbocycles. The van der Waals surface area contributed by atoms with E-state index < -0.39 is 0 Å². The molecule has 1 rings (SSSR count). The lowest BCUT2D eigenvalue weighted by Crippen LogP contribution is -2.39. The molecule has 0 aromatic carbocycles. The predicted molar refractivity (Wildman–Crippen MR) is 51.3 cm³/mol. The third kappa shape index (κ3) is 2.48. The summed E-state index contributed by atoms with van der Waals surface area (Å²) < 4.78 is 0. The smallest absolute Gasteiger partial charge is 0.237 e. The van der Waals surface area contributed by atoms with Crippen LogP contribution in [0, 0.1) is 18.3 Å². The number of carbonyl (C=O) groups excluding carboxylic acids is 1. The van der Waals surface area contributed by atoms with Crippen molar-refractivity contribution >= 4 is 5.91 Å². The first kappa shape index (κ1) is 10.1. The minimum absolute atomic E-state index is 0.0946. The molecule has 0 bridgehead atoms. The van der Waals surface area contributed by atoms with Crippen LogP contribution in [-0.4, -0.2) is 23.9 Å². The van der Waals surface area contributed by atoms with E-state index in [0.29, 0.717) is 6.42 Å². The first-order valence-electron chi connectivity index (χ1n) is 5.00. The van der Waals surface area contributed by atoms with Crippen LogP contribution in [0.4, 0.5) is 0 Å². The Balaban J connectivity index is 2.50. The van der Waals surface area contributed by atoms with E-state index in [0.717, 1.165) is 25.9 Å². The van der Waals surface area contributed by atoms with Crippen molar-refractivity contribution in [2.24, 2.45) is 5.92 Å². The Morgan fingerprint density at radius 1 is 1.46 bits per heavy atom. The van der Waals surface area contributed by atoms with E-state index in [1.807, 2.05) is 11.8 Å². The van der Waals surface area contributed by atoms with Crippen molar-refractivity contribution in [1.82, 2.24) is 4.90 Å². The first-order valence-corrected chi connectivity index (χ1v) is 5.00. The summed E-state index contributed by atoms with van der Waals surface area (Å²) in [4.78, 5) is 13.6. The standard InChI is InChI=1S/C11H16NO/c1-3-10(4-2)11(13)12-8-6-5-7-9-12/h10H,3,5-9H2,1H3. The molecule has 1 fully saturated rings. The Morgan fingerprint density at radius 3 is 2.54 bits per heavy atom. The van der Waals surface area contributed by atoms with Crippen LogP contribution in [0.1, 0.15) is 32.6 Å². The molecule has 13 heavy (non-hydrogen) atoms. The highest BCUT2D eigenvalue weighted by Gasteiger charge is 2.22. The molecule has 1 saturated heterocycles. The third-order valence-corrected chi connectivity index (χ3v) is 2.55. The average Bonchev–Trinajstić information content (AvgIpc) is 2.21. The van der Waals surface area contributed by atoms with Crippen LogP contribution in [0.3, 0.4) is 0 Å². The lowest BCUT2D eigenvalue weighted by molar-refractivity contribution is -0.134. The van der Waals surface area contributed by atoms with E-state index >= 15 is 0 Å². The molecule has 1 amide bonds. The van der Waals surface area contributed by atoms with E-state index in [4.69, 9.17) is 6.42 Å². The van der Waals surface area contributed by atoms with Gasteiger partial charge in [-0.15, -0.1) is 0 Å². The Morgan fingerprint density at radius 2 is 2.08 bits per heavy atom. The van der Waals surface area contributed by atoms with E-state index in [-0.39, 0.29) is 11.8 Å². The zero-order valence-electron chi connectivity index (χ0n) is 8.18. The van der Waals surface area contributed by atoms with Crippen molar-refractivity contribution in [3.8, 4) is 5.92 Å². The second-order valence-corrected chi connectivity index (χ2v) is 3.49. The molecule has 0 N–H and O–H groups in total. The average molecular weight is 178 g/mol. The van der Waals surface area contributed by atoms with Gasteiger partial charge in [-0.1, -0.05) is 12.8 Å². The second kappa shape index (κ2) is 4.91. The Bertz CT molecular complexity index is 211. The van der Waals surface area contributed by atoms with Gasteiger partial charge in [0, 0.05) is 13.1 Å². The van der Waals surface area contributed by atoms with Crippen LogP contribution >= 0.6 is 0 Å². The molecule has 0 aromatic rings. The van der Waals surface area contributed by atoms with Crippen molar-refractivity contribution in [2.75, 3.05) is 13.1 Å². The Labute approximate surface area is 80.3 Å². The lowest BCUT2D eigenvalue weighted by Gasteiger charge is -2.28. The minimum Gasteiger partial charge on any atom is -0.342 e. The van der Waals surface area contributed by atoms with Gasteiger partial charge < -0.3 is 4.90 Å². The van der Waals surface area contributed by atoms with Gasteiger partial charge in [-0.25, -0.2) is 0 Å². The van der Waals surface area contributed by atoms with Crippen molar-refractivity contribution in [3.63, 3.8) is 0 Å². The van der Waals surface area contributed by atoms with Crippen molar-refractivity contribution < 1.29 is 4.79 Å². The van der Waals surface area contributed by atoms with Crippen LogP contribution in [0.2, 0.25) is 0 Å². The van der Waals surface area contributed by atoms with E-state index in [9.17, 15) is 4.79 Å². The minimum atomic E-state index is -0.307. The lowest BCUT2D eigenvalue weighted by atomic mass is 10.0. The van der Waals surface area contributed by atoms with Gasteiger partial charge >= 0.3 is 0 Å². The van der Waals surface area contributed by atoms with Gasteiger partial charge in [0.2, 0.25) is 5.91 Å². The quantitative estimate of drug-likeness (QED) is 0.588. The highest BCUT2D eigenvalue weighted by molar-refractivity contribution is 5.81. The summed E-state index contributed by atoms with van der Waals surface area (Å²) in [5.41, 5.74) is 0. The zero-order valence-corrected chi connectivity index (χ0v) is 8.18. The molecule has 1 heterocycles. The fourth-order valence-electron chi connectivity index (χ4n) is 1.67. The zero-order chi connectivity index (χ0) is 9.68. The second-order valence-electron chi connectivity index (χ2n) is 3.49. The molecular weight excluding hydrogens is 162 g/mol. The Kier molecular flexibility index (Phi) is 3.82. The first-order chi connectivity index (χ1) is 6.29. The summed E-state index contributed by atoms with van der Waals surface area (Å²) in [7, 11) is 0. The topological polar surface area (TPSA) is 20.3 Å². The van der Waals surface area contributed by atoms with Gasteiger partial charge in [-0.3, -0.25) is 4.79 Å². The van der Waals surface area contributed by atoms with Gasteiger partial charge in [0.15, 0.2) is 0 Å². The molecule has 1 aliphatic rings.